The number of nitrogens with zero attached hydrogens (tertiary/aromatic N) is 1. The number of benzene rings is 1. The summed E-state index contributed by atoms with van der Waals surface area (Å²) in [4.78, 5) is 23.8. The van der Waals surface area contributed by atoms with E-state index < -0.39 is 27.9 Å². The number of nitrogens with one attached hydrogen (secondary N) is 1. The van der Waals surface area contributed by atoms with Crippen molar-refractivity contribution in [1.29, 1.82) is 0 Å². The van der Waals surface area contributed by atoms with Gasteiger partial charge in [0.2, 0.25) is 15.9 Å². The Balaban J connectivity index is 2.21. The van der Waals surface area contributed by atoms with Gasteiger partial charge in [0.25, 0.3) is 0 Å². The van der Waals surface area contributed by atoms with Crippen molar-refractivity contribution < 1.29 is 23.1 Å². The molecule has 1 aliphatic rings. The number of aryl methyl sites for hydroxylation is 1. The summed E-state index contributed by atoms with van der Waals surface area (Å²) in [6.07, 6.45) is 2.48. The van der Waals surface area contributed by atoms with Gasteiger partial charge in [-0.15, -0.1) is 0 Å². The maximum absolute atomic E-state index is 12.6. The molecule has 0 spiro atoms. The Morgan fingerprint density at radius 3 is 2.68 bits per heavy atom. The van der Waals surface area contributed by atoms with E-state index in [1.54, 1.807) is 26.0 Å². The fraction of sp³-hybridized carbons (Fsp3) is 0.529. The van der Waals surface area contributed by atoms with Gasteiger partial charge in [-0.2, -0.15) is 4.31 Å². The van der Waals surface area contributed by atoms with Crippen molar-refractivity contribution in [1.82, 2.24) is 4.31 Å². The van der Waals surface area contributed by atoms with E-state index >= 15 is 0 Å². The first kappa shape index (κ1) is 19.4. The third-order valence-electron chi connectivity index (χ3n) is 4.31. The average Bonchev–Trinajstić information content (AvgIpc) is 2.56. The number of sulfonamides is 1. The van der Waals surface area contributed by atoms with Gasteiger partial charge < -0.3 is 10.4 Å². The SMILES string of the molecule is CCCS(=O)(=O)N1CCCCC1C(=O)Nc1ccc(C)c(C(=O)O)c1. The second-order valence-corrected chi connectivity index (χ2v) is 8.30. The molecule has 0 saturated carbocycles. The van der Waals surface area contributed by atoms with Gasteiger partial charge in [-0.1, -0.05) is 19.4 Å². The summed E-state index contributed by atoms with van der Waals surface area (Å²) in [6, 6.07) is 3.88. The summed E-state index contributed by atoms with van der Waals surface area (Å²) in [7, 11) is -3.47. The van der Waals surface area contributed by atoms with Gasteiger partial charge in [-0.25, -0.2) is 13.2 Å². The van der Waals surface area contributed by atoms with E-state index in [0.717, 1.165) is 12.8 Å². The van der Waals surface area contributed by atoms with E-state index in [-0.39, 0.29) is 11.3 Å². The second kappa shape index (κ2) is 7.97. The largest absolute Gasteiger partial charge is 0.478 e. The van der Waals surface area contributed by atoms with E-state index in [4.69, 9.17) is 0 Å². The number of hydrogen-bond donors (Lipinski definition) is 2. The minimum atomic E-state index is -3.47. The van der Waals surface area contributed by atoms with Crippen molar-refractivity contribution in [3.8, 4) is 0 Å². The highest BCUT2D eigenvalue weighted by Gasteiger charge is 2.36. The number of rotatable bonds is 6. The number of aromatic carboxylic acids is 1. The molecule has 8 heteroatoms. The van der Waals surface area contributed by atoms with Crippen LogP contribution in [0.25, 0.3) is 0 Å². The second-order valence-electron chi connectivity index (χ2n) is 6.26. The molecule has 1 saturated heterocycles. The zero-order valence-corrected chi connectivity index (χ0v) is 15.3. The van der Waals surface area contributed by atoms with Crippen LogP contribution in [0.15, 0.2) is 18.2 Å². The molecular formula is C17H24N2O5S. The lowest BCUT2D eigenvalue weighted by Crippen LogP contribution is -2.50. The average molecular weight is 368 g/mol. The standard InChI is InChI=1S/C17H24N2O5S/c1-3-10-25(23,24)19-9-5-4-6-15(19)16(20)18-13-8-7-12(2)14(11-13)17(21)22/h7-8,11,15H,3-6,9-10H2,1-2H3,(H,18,20)(H,21,22). The van der Waals surface area contributed by atoms with Crippen molar-refractivity contribution in [2.75, 3.05) is 17.6 Å². The Hall–Kier alpha value is -1.93. The van der Waals surface area contributed by atoms with Crippen molar-refractivity contribution in [2.45, 2.75) is 45.6 Å². The molecule has 1 aliphatic heterocycles. The summed E-state index contributed by atoms with van der Waals surface area (Å²) in [5, 5.41) is 11.9. The Labute approximate surface area is 148 Å². The molecule has 138 valence electrons. The molecule has 1 aromatic rings. The number of carbonyl (C=O) groups excluding carboxylic acids is 1. The highest BCUT2D eigenvalue weighted by molar-refractivity contribution is 7.89. The minimum Gasteiger partial charge on any atom is -0.478 e. The maximum atomic E-state index is 12.6. The highest BCUT2D eigenvalue weighted by Crippen LogP contribution is 2.23. The molecule has 0 bridgehead atoms. The molecule has 2 rings (SSSR count). The van der Waals surface area contributed by atoms with Gasteiger partial charge >= 0.3 is 5.97 Å². The summed E-state index contributed by atoms with van der Waals surface area (Å²) in [5.41, 5.74) is 1.05. The summed E-state index contributed by atoms with van der Waals surface area (Å²) < 4.78 is 26.1. The molecular weight excluding hydrogens is 344 g/mol. The molecule has 1 heterocycles. The van der Waals surface area contributed by atoms with Crippen molar-refractivity contribution in [2.24, 2.45) is 0 Å². The monoisotopic (exact) mass is 368 g/mol. The molecule has 25 heavy (non-hydrogen) atoms. The number of carbonyl (C=O) groups is 2. The minimum absolute atomic E-state index is 0.0183. The summed E-state index contributed by atoms with van der Waals surface area (Å²) >= 11 is 0. The molecule has 1 fully saturated rings. The molecule has 1 atom stereocenters. The molecule has 1 unspecified atom stereocenters. The number of hydrogen-bond acceptors (Lipinski definition) is 4. The van der Waals surface area contributed by atoms with Crippen LogP contribution in [0.5, 0.6) is 0 Å². The van der Waals surface area contributed by atoms with Crippen LogP contribution in [0.1, 0.15) is 48.5 Å². The molecule has 0 aromatic heterocycles. The first-order valence-corrected chi connectivity index (χ1v) is 10.0. The number of carboxylic acid groups (broad SMARTS) is 1. The topological polar surface area (TPSA) is 104 Å². The summed E-state index contributed by atoms with van der Waals surface area (Å²) in [5.74, 6) is -1.47. The number of piperidine rings is 1. The predicted molar refractivity (Wildman–Crippen MR) is 95.2 cm³/mol. The predicted octanol–water partition coefficient (Wildman–Crippen LogP) is 2.23. The van der Waals surface area contributed by atoms with Crippen LogP contribution >= 0.6 is 0 Å². The van der Waals surface area contributed by atoms with Crippen LogP contribution in [-0.2, 0) is 14.8 Å². The van der Waals surface area contributed by atoms with Gasteiger partial charge in [-0.05, 0) is 43.9 Å². The van der Waals surface area contributed by atoms with Gasteiger partial charge in [0.1, 0.15) is 6.04 Å². The fourth-order valence-corrected chi connectivity index (χ4v) is 4.78. The van der Waals surface area contributed by atoms with Gasteiger partial charge in [0.15, 0.2) is 0 Å². The Bertz CT molecular complexity index is 760. The first-order chi connectivity index (χ1) is 11.8. The lowest BCUT2D eigenvalue weighted by molar-refractivity contribution is -0.120. The number of amides is 1. The van der Waals surface area contributed by atoms with E-state index in [9.17, 15) is 23.1 Å². The third-order valence-corrected chi connectivity index (χ3v) is 6.39. The Kier molecular flexibility index (Phi) is 6.18. The lowest BCUT2D eigenvalue weighted by Gasteiger charge is -2.33. The molecule has 0 aliphatic carbocycles. The number of anilines is 1. The van der Waals surface area contributed by atoms with Crippen molar-refractivity contribution >= 4 is 27.6 Å². The van der Waals surface area contributed by atoms with Crippen molar-refractivity contribution in [3.05, 3.63) is 29.3 Å². The third kappa shape index (κ3) is 4.58. The Morgan fingerprint density at radius 1 is 1.32 bits per heavy atom. The van der Waals surface area contributed by atoms with E-state index in [2.05, 4.69) is 5.32 Å². The quantitative estimate of drug-likeness (QED) is 0.801. The van der Waals surface area contributed by atoms with Gasteiger partial charge in [0.05, 0.1) is 11.3 Å². The zero-order chi connectivity index (χ0) is 18.6. The highest BCUT2D eigenvalue weighted by atomic mass is 32.2. The fourth-order valence-electron chi connectivity index (χ4n) is 3.03. The van der Waals surface area contributed by atoms with Crippen LogP contribution in [0, 0.1) is 6.92 Å². The molecule has 1 aromatic carbocycles. The summed E-state index contributed by atoms with van der Waals surface area (Å²) in [6.45, 7) is 3.81. The first-order valence-electron chi connectivity index (χ1n) is 8.40. The zero-order valence-electron chi connectivity index (χ0n) is 14.5. The lowest BCUT2D eigenvalue weighted by atomic mass is 10.0. The van der Waals surface area contributed by atoms with Crippen molar-refractivity contribution in [3.63, 3.8) is 0 Å². The van der Waals surface area contributed by atoms with Gasteiger partial charge in [-0.3, -0.25) is 4.79 Å². The number of carboxylic acids is 1. The van der Waals surface area contributed by atoms with E-state index in [0.29, 0.717) is 30.6 Å². The normalized spacial score (nSPS) is 18.7. The van der Waals surface area contributed by atoms with Gasteiger partial charge in [0, 0.05) is 12.2 Å². The smallest absolute Gasteiger partial charge is 0.336 e. The van der Waals surface area contributed by atoms with E-state index in [1.165, 1.54) is 10.4 Å². The Morgan fingerprint density at radius 2 is 2.04 bits per heavy atom. The maximum Gasteiger partial charge on any atom is 0.336 e. The van der Waals surface area contributed by atoms with Crippen LogP contribution in [0.3, 0.4) is 0 Å². The van der Waals surface area contributed by atoms with Crippen LogP contribution in [0.2, 0.25) is 0 Å². The molecule has 0 radical (unpaired) electrons. The molecule has 2 N–H and O–H groups in total. The molecule has 7 nitrogen and oxygen atoms in total. The van der Waals surface area contributed by atoms with Crippen LogP contribution in [-0.4, -0.2) is 48.0 Å². The van der Waals surface area contributed by atoms with Crippen LogP contribution in [0.4, 0.5) is 5.69 Å². The van der Waals surface area contributed by atoms with Crippen LogP contribution < -0.4 is 5.32 Å². The van der Waals surface area contributed by atoms with E-state index in [1.807, 2.05) is 0 Å². The molecule has 1 amide bonds.